The summed E-state index contributed by atoms with van der Waals surface area (Å²) in [5.41, 5.74) is 22.8. The normalized spacial score (nSPS) is 13.7. The summed E-state index contributed by atoms with van der Waals surface area (Å²) in [4.78, 5) is 56.0. The Bertz CT molecular complexity index is 2330. The SMILES string of the molecule is C.C.NC(=O)C1(c2ccccc2CCc2nc(Cc3cncnc3)ncc2Cl)CC1.NC(=O)C1(c2ccccc2CCc2nc(Cl)ncc2Cl)CC1.Nc1cncnc1. The van der Waals surface area contributed by atoms with Gasteiger partial charge in [-0.25, -0.2) is 39.9 Å². The van der Waals surface area contributed by atoms with Crippen LogP contribution in [0, 0.1) is 0 Å². The summed E-state index contributed by atoms with van der Waals surface area (Å²) >= 11 is 18.2. The van der Waals surface area contributed by atoms with Gasteiger partial charge in [-0.1, -0.05) is 86.6 Å². The van der Waals surface area contributed by atoms with Crippen LogP contribution in [0.5, 0.6) is 0 Å². The molecule has 0 unspecified atom stereocenters. The van der Waals surface area contributed by atoms with E-state index in [0.717, 1.165) is 72.0 Å². The molecule has 0 bridgehead atoms. The lowest BCUT2D eigenvalue weighted by Crippen LogP contribution is -2.29. The first-order valence-corrected chi connectivity index (χ1v) is 19.3. The fourth-order valence-corrected chi connectivity index (χ4v) is 7.16. The van der Waals surface area contributed by atoms with Crippen LogP contribution >= 0.6 is 34.8 Å². The van der Waals surface area contributed by atoms with Crippen molar-refractivity contribution in [2.45, 2.75) is 83.5 Å². The van der Waals surface area contributed by atoms with Crippen LogP contribution in [0.4, 0.5) is 5.69 Å². The zero-order valence-corrected chi connectivity index (χ0v) is 33.1. The molecule has 4 heterocycles. The van der Waals surface area contributed by atoms with Gasteiger partial charge in [0.25, 0.3) is 0 Å². The lowest BCUT2D eigenvalue weighted by Gasteiger charge is -2.16. The molecule has 0 aliphatic heterocycles. The van der Waals surface area contributed by atoms with Crippen LogP contribution < -0.4 is 17.2 Å². The van der Waals surface area contributed by atoms with Crippen LogP contribution in [-0.4, -0.2) is 51.7 Å². The largest absolute Gasteiger partial charge is 0.396 e. The standard InChI is InChI=1S/C21H20ClN5O.C16H15Cl2N3O.C4H5N3.2CH4/c22-17-12-26-19(9-14-10-24-13-25-11-14)27-18(17)6-5-15-3-1-2-4-16(15)21(7-8-21)20(23)28;17-12-9-20-15(18)21-13(12)6-5-10-3-1-2-4-11(10)16(7-8-16)14(19)22;5-4-1-6-3-7-2-4;;/h1-4,10-13H,5-9H2,(H2,23,28);1-4,9H,5-8H2,(H2,19,22);1-3H,5H2;2*1H4. The maximum absolute atomic E-state index is 12.0. The number of nitrogens with zero attached hydrogens (tertiary/aromatic N) is 8. The predicted octanol–water partition coefficient (Wildman–Crippen LogP) is 7.23. The van der Waals surface area contributed by atoms with Gasteiger partial charge in [0.1, 0.15) is 18.5 Å². The van der Waals surface area contributed by atoms with Gasteiger partial charge in [0, 0.05) is 25.0 Å². The second-order valence-electron chi connectivity index (χ2n) is 13.8. The van der Waals surface area contributed by atoms with E-state index < -0.39 is 10.8 Å². The number of rotatable bonds is 12. The third-order valence-corrected chi connectivity index (χ3v) is 10.8. The average molecular weight is 857 g/mol. The van der Waals surface area contributed by atoms with E-state index in [1.165, 1.54) is 18.9 Å². The first kappa shape index (κ1) is 46.1. The van der Waals surface area contributed by atoms with Gasteiger partial charge in [0.2, 0.25) is 17.1 Å². The molecule has 6 N–H and O–H groups in total. The Balaban J connectivity index is 0.000000221. The number of aryl methyl sites for hydroxylation is 4. The fourth-order valence-electron chi connectivity index (χ4n) is 6.64. The molecule has 8 rings (SSSR count). The number of halogens is 3. The van der Waals surface area contributed by atoms with Crippen molar-refractivity contribution >= 4 is 52.3 Å². The second kappa shape index (κ2) is 20.9. The lowest BCUT2D eigenvalue weighted by atomic mass is 9.88. The molecule has 2 aromatic carbocycles. The van der Waals surface area contributed by atoms with E-state index in [-0.39, 0.29) is 32.0 Å². The molecular weight excluding hydrogens is 809 g/mol. The number of carbonyl (C=O) groups is 2. The van der Waals surface area contributed by atoms with E-state index in [2.05, 4.69) is 45.9 Å². The van der Waals surface area contributed by atoms with Crippen LogP contribution in [0.15, 0.2) is 98.4 Å². The topological polar surface area (TPSA) is 215 Å². The zero-order valence-electron chi connectivity index (χ0n) is 30.9. The molecule has 16 heteroatoms. The van der Waals surface area contributed by atoms with Crippen molar-refractivity contribution in [1.29, 1.82) is 0 Å². The van der Waals surface area contributed by atoms with Gasteiger partial charge >= 0.3 is 0 Å². The molecule has 2 aliphatic rings. The number of nitrogens with two attached hydrogens (primary N) is 3. The maximum atomic E-state index is 12.0. The third kappa shape index (κ3) is 11.7. The van der Waals surface area contributed by atoms with Gasteiger partial charge in [0.05, 0.1) is 56.5 Å². The minimum absolute atomic E-state index is 0. The minimum Gasteiger partial charge on any atom is -0.396 e. The van der Waals surface area contributed by atoms with Crippen LogP contribution in [0.25, 0.3) is 0 Å². The second-order valence-corrected chi connectivity index (χ2v) is 15.0. The summed E-state index contributed by atoms with van der Waals surface area (Å²) in [6.45, 7) is 0. The molecule has 13 nitrogen and oxygen atoms in total. The minimum atomic E-state index is -0.496. The highest BCUT2D eigenvalue weighted by molar-refractivity contribution is 6.32. The molecule has 2 fully saturated rings. The number of amides is 2. The van der Waals surface area contributed by atoms with Crippen molar-refractivity contribution in [2.75, 3.05) is 5.73 Å². The molecule has 0 saturated heterocycles. The number of hydrogen-bond acceptors (Lipinski definition) is 11. The Kier molecular flexibility index (Phi) is 16.3. The Morgan fingerprint density at radius 3 is 1.47 bits per heavy atom. The summed E-state index contributed by atoms with van der Waals surface area (Å²) in [6, 6.07) is 15.9. The molecule has 4 aromatic heterocycles. The smallest absolute Gasteiger partial charge is 0.228 e. The summed E-state index contributed by atoms with van der Waals surface area (Å²) in [5, 5.41) is 1.22. The molecule has 2 amide bonds. The van der Waals surface area contributed by atoms with E-state index in [1.807, 2.05) is 42.5 Å². The molecule has 2 saturated carbocycles. The first-order valence-electron chi connectivity index (χ1n) is 18.2. The highest BCUT2D eigenvalue weighted by atomic mass is 35.5. The third-order valence-electron chi connectivity index (χ3n) is 9.98. The summed E-state index contributed by atoms with van der Waals surface area (Å²) in [6.07, 6.45) is 19.2. The summed E-state index contributed by atoms with van der Waals surface area (Å²) < 4.78 is 0. The van der Waals surface area contributed by atoms with Crippen molar-refractivity contribution in [1.82, 2.24) is 39.9 Å². The molecule has 0 atom stereocenters. The number of hydrogen-bond donors (Lipinski definition) is 3. The van der Waals surface area contributed by atoms with Crippen LogP contribution in [0.2, 0.25) is 15.3 Å². The van der Waals surface area contributed by atoms with Gasteiger partial charge in [-0.3, -0.25) is 9.59 Å². The van der Waals surface area contributed by atoms with Crippen LogP contribution in [0.3, 0.4) is 0 Å². The predicted molar refractivity (Wildman–Crippen MR) is 232 cm³/mol. The summed E-state index contributed by atoms with van der Waals surface area (Å²) in [7, 11) is 0. The van der Waals surface area contributed by atoms with Crippen molar-refractivity contribution in [3.63, 3.8) is 0 Å². The van der Waals surface area contributed by atoms with Gasteiger partial charge in [-0.05, 0) is 90.8 Å². The molecule has 0 radical (unpaired) electrons. The van der Waals surface area contributed by atoms with E-state index >= 15 is 0 Å². The van der Waals surface area contributed by atoms with Gasteiger partial charge in [0.15, 0.2) is 0 Å². The van der Waals surface area contributed by atoms with E-state index in [0.29, 0.717) is 46.5 Å². The Labute approximate surface area is 359 Å². The number of primary amides is 2. The van der Waals surface area contributed by atoms with Gasteiger partial charge < -0.3 is 17.2 Å². The quantitative estimate of drug-likeness (QED) is 0.104. The average Bonchev–Trinajstić information content (AvgIpc) is 4.16. The monoisotopic (exact) mass is 855 g/mol. The number of anilines is 1. The van der Waals surface area contributed by atoms with Crippen molar-refractivity contribution in [2.24, 2.45) is 11.5 Å². The van der Waals surface area contributed by atoms with Crippen molar-refractivity contribution in [3.05, 3.63) is 159 Å². The zero-order chi connectivity index (χ0) is 40.4. The Morgan fingerprint density at radius 2 is 1.03 bits per heavy atom. The Morgan fingerprint density at radius 1 is 0.593 bits per heavy atom. The molecule has 0 spiro atoms. The highest BCUT2D eigenvalue weighted by Gasteiger charge is 2.51. The molecule has 6 aromatic rings. The molecule has 2 aliphatic carbocycles. The summed E-state index contributed by atoms with van der Waals surface area (Å²) in [5.74, 6) is 0.189. The van der Waals surface area contributed by atoms with Crippen LogP contribution in [-0.2, 0) is 52.5 Å². The highest BCUT2D eigenvalue weighted by Crippen LogP contribution is 2.50. The Hall–Kier alpha value is -5.63. The van der Waals surface area contributed by atoms with Crippen molar-refractivity contribution in [3.8, 4) is 0 Å². The first-order chi connectivity index (χ1) is 27.5. The van der Waals surface area contributed by atoms with Gasteiger partial charge in [-0.15, -0.1) is 0 Å². The number of aromatic nitrogens is 8. The number of carbonyl (C=O) groups excluding carboxylic acids is 2. The fraction of sp³-hybridized carbons (Fsp3) is 0.302. The van der Waals surface area contributed by atoms with Gasteiger partial charge in [-0.2, -0.15) is 0 Å². The number of benzene rings is 2. The van der Waals surface area contributed by atoms with Crippen LogP contribution in [0.1, 0.15) is 85.6 Å². The molecular formula is C43H48Cl3N11O2. The maximum Gasteiger partial charge on any atom is 0.228 e. The lowest BCUT2D eigenvalue weighted by molar-refractivity contribution is -0.121. The van der Waals surface area contributed by atoms with E-state index in [4.69, 9.17) is 52.0 Å². The molecule has 59 heavy (non-hydrogen) atoms. The van der Waals surface area contributed by atoms with E-state index in [9.17, 15) is 9.59 Å². The van der Waals surface area contributed by atoms with E-state index in [1.54, 1.807) is 31.0 Å². The number of nitrogen functional groups attached to an aromatic ring is 1. The van der Waals surface area contributed by atoms with Crippen molar-refractivity contribution < 1.29 is 9.59 Å². The molecule has 308 valence electrons.